The molecule has 1 aliphatic rings. The van der Waals surface area contributed by atoms with Crippen LogP contribution in [-0.4, -0.2) is 35.3 Å². The van der Waals surface area contributed by atoms with Gasteiger partial charge >= 0.3 is 6.18 Å². The maximum absolute atomic E-state index is 12.6. The normalized spacial score (nSPS) is 13.4. The Morgan fingerprint density at radius 1 is 1.10 bits per heavy atom. The Kier molecular flexibility index (Phi) is 5.40. The summed E-state index contributed by atoms with van der Waals surface area (Å²) in [6, 6.07) is 9.84. The second kappa shape index (κ2) is 8.17. The number of carbonyl (C=O) groups excluding carboxylic acids is 1. The molecule has 5 heterocycles. The van der Waals surface area contributed by atoms with E-state index in [4.69, 9.17) is 5.73 Å². The maximum Gasteiger partial charge on any atom is 0.433 e. The van der Waals surface area contributed by atoms with Crippen molar-refractivity contribution < 1.29 is 18.0 Å². The van der Waals surface area contributed by atoms with Crippen LogP contribution >= 0.6 is 0 Å². The molecule has 0 atom stereocenters. The highest BCUT2D eigenvalue weighted by Gasteiger charge is 2.32. The van der Waals surface area contributed by atoms with E-state index >= 15 is 0 Å². The number of fused-ring (bicyclic) bond motifs is 2. The quantitative estimate of drug-likeness (QED) is 0.527. The van der Waals surface area contributed by atoms with Crippen molar-refractivity contribution in [1.82, 2.24) is 29.4 Å². The summed E-state index contributed by atoms with van der Waals surface area (Å²) in [7, 11) is 0. The van der Waals surface area contributed by atoms with Gasteiger partial charge < -0.3 is 5.73 Å². The smallest absolute Gasteiger partial charge is 0.363 e. The SMILES string of the molecule is FC(F)(F)c1cc(-c2cc3n(n2)CCCC3)ccn1.NC(=O)c1nc2ccccn2n1. The fourth-order valence-corrected chi connectivity index (χ4v) is 3.24. The zero-order valence-electron chi connectivity index (χ0n) is 16.3. The van der Waals surface area contributed by atoms with Gasteiger partial charge in [0.2, 0.25) is 5.82 Å². The van der Waals surface area contributed by atoms with E-state index in [0.29, 0.717) is 16.9 Å². The number of carbonyl (C=O) groups is 1. The topological polar surface area (TPSA) is 104 Å². The molecule has 0 saturated heterocycles. The van der Waals surface area contributed by atoms with E-state index in [9.17, 15) is 18.0 Å². The van der Waals surface area contributed by atoms with Crippen molar-refractivity contribution in [3.63, 3.8) is 0 Å². The predicted octanol–water partition coefficient (Wildman–Crippen LogP) is 3.13. The van der Waals surface area contributed by atoms with Crippen LogP contribution in [0.4, 0.5) is 13.2 Å². The van der Waals surface area contributed by atoms with E-state index in [1.54, 1.807) is 24.4 Å². The van der Waals surface area contributed by atoms with Crippen LogP contribution in [-0.2, 0) is 19.1 Å². The third kappa shape index (κ3) is 4.55. The Morgan fingerprint density at radius 3 is 2.65 bits per heavy atom. The first-order valence-electron chi connectivity index (χ1n) is 9.53. The van der Waals surface area contributed by atoms with Crippen LogP contribution in [0.1, 0.15) is 34.8 Å². The van der Waals surface area contributed by atoms with Gasteiger partial charge in [-0.05, 0) is 49.6 Å². The number of pyridine rings is 2. The molecule has 31 heavy (non-hydrogen) atoms. The number of primary amides is 1. The molecular formula is C20H18F3N7O. The number of nitrogens with zero attached hydrogens (tertiary/aromatic N) is 6. The number of amides is 1. The highest BCUT2D eigenvalue weighted by molar-refractivity contribution is 5.89. The number of aryl methyl sites for hydroxylation is 2. The number of hydrogen-bond donors (Lipinski definition) is 1. The van der Waals surface area contributed by atoms with E-state index < -0.39 is 17.8 Å². The molecule has 160 valence electrons. The van der Waals surface area contributed by atoms with Crippen molar-refractivity contribution in [2.45, 2.75) is 32.0 Å². The first kappa shape index (κ1) is 20.5. The first-order valence-corrected chi connectivity index (χ1v) is 9.53. The predicted molar refractivity (Wildman–Crippen MR) is 105 cm³/mol. The Labute approximate surface area is 174 Å². The van der Waals surface area contributed by atoms with Crippen LogP contribution in [0.15, 0.2) is 48.8 Å². The van der Waals surface area contributed by atoms with Crippen LogP contribution in [0, 0.1) is 0 Å². The van der Waals surface area contributed by atoms with Gasteiger partial charge in [-0.25, -0.2) is 9.50 Å². The molecule has 4 aromatic rings. The van der Waals surface area contributed by atoms with Gasteiger partial charge in [0.15, 0.2) is 5.65 Å². The van der Waals surface area contributed by atoms with Gasteiger partial charge in [0.05, 0.1) is 5.69 Å². The van der Waals surface area contributed by atoms with Gasteiger partial charge in [-0.1, -0.05) is 6.07 Å². The zero-order valence-corrected chi connectivity index (χ0v) is 16.3. The Balaban J connectivity index is 0.000000166. The number of halogens is 3. The molecule has 11 heteroatoms. The molecule has 0 aromatic carbocycles. The molecule has 5 rings (SSSR count). The van der Waals surface area contributed by atoms with Crippen molar-refractivity contribution in [3.05, 3.63) is 66.0 Å². The van der Waals surface area contributed by atoms with E-state index in [0.717, 1.165) is 37.6 Å². The minimum atomic E-state index is -4.42. The van der Waals surface area contributed by atoms with E-state index in [1.807, 2.05) is 16.8 Å². The summed E-state index contributed by atoms with van der Waals surface area (Å²) >= 11 is 0. The maximum atomic E-state index is 12.6. The van der Waals surface area contributed by atoms with Crippen molar-refractivity contribution in [2.24, 2.45) is 5.73 Å². The van der Waals surface area contributed by atoms with Crippen molar-refractivity contribution in [2.75, 3.05) is 0 Å². The number of nitrogens with two attached hydrogens (primary N) is 1. The first-order chi connectivity index (χ1) is 14.8. The molecule has 1 aliphatic heterocycles. The molecule has 4 aromatic heterocycles. The highest BCUT2D eigenvalue weighted by Crippen LogP contribution is 2.30. The molecule has 0 unspecified atom stereocenters. The lowest BCUT2D eigenvalue weighted by atomic mass is 10.1. The molecule has 0 spiro atoms. The van der Waals surface area contributed by atoms with Crippen molar-refractivity contribution >= 4 is 11.6 Å². The van der Waals surface area contributed by atoms with E-state index in [2.05, 4.69) is 20.2 Å². The average Bonchev–Trinajstić information content (AvgIpc) is 3.38. The van der Waals surface area contributed by atoms with Crippen LogP contribution in [0.5, 0.6) is 0 Å². The third-order valence-corrected chi connectivity index (χ3v) is 4.72. The molecule has 2 N–H and O–H groups in total. The summed E-state index contributed by atoms with van der Waals surface area (Å²) in [5.41, 5.74) is 6.88. The summed E-state index contributed by atoms with van der Waals surface area (Å²) in [6.07, 6.45) is 1.57. The fourth-order valence-electron chi connectivity index (χ4n) is 3.24. The van der Waals surface area contributed by atoms with Crippen molar-refractivity contribution in [1.29, 1.82) is 0 Å². The molecule has 1 amide bonds. The van der Waals surface area contributed by atoms with Crippen LogP contribution < -0.4 is 5.73 Å². The monoisotopic (exact) mass is 429 g/mol. The Morgan fingerprint density at radius 2 is 1.94 bits per heavy atom. The molecule has 0 fully saturated rings. The lowest BCUT2D eigenvalue weighted by Gasteiger charge is -2.11. The molecule has 0 radical (unpaired) electrons. The summed E-state index contributed by atoms with van der Waals surface area (Å²) in [5, 5.41) is 8.21. The number of aromatic nitrogens is 6. The number of rotatable bonds is 2. The van der Waals surface area contributed by atoms with Gasteiger partial charge in [-0.3, -0.25) is 14.5 Å². The van der Waals surface area contributed by atoms with E-state index in [-0.39, 0.29) is 5.82 Å². The van der Waals surface area contributed by atoms with Gasteiger partial charge in [0.25, 0.3) is 5.91 Å². The number of hydrogen-bond acceptors (Lipinski definition) is 5. The zero-order chi connectivity index (χ0) is 22.0. The number of alkyl halides is 3. The van der Waals surface area contributed by atoms with Crippen LogP contribution in [0.25, 0.3) is 16.9 Å². The summed E-state index contributed by atoms with van der Waals surface area (Å²) in [5.74, 6) is -0.570. The summed E-state index contributed by atoms with van der Waals surface area (Å²) in [4.78, 5) is 17.9. The Bertz CT molecular complexity index is 1170. The second-order valence-corrected chi connectivity index (χ2v) is 6.93. The van der Waals surface area contributed by atoms with Gasteiger partial charge in [-0.2, -0.15) is 18.3 Å². The lowest BCUT2D eigenvalue weighted by Crippen LogP contribution is -2.12. The minimum Gasteiger partial charge on any atom is -0.363 e. The molecule has 0 aliphatic carbocycles. The van der Waals surface area contributed by atoms with E-state index in [1.165, 1.54) is 10.7 Å². The standard InChI is InChI=1S/C13H12F3N3.C7H6N4O/c14-13(15,16)12-7-9(4-5-17-12)11-8-10-3-1-2-6-19(10)18-11;8-6(12)7-9-5-3-1-2-4-11(5)10-7/h4-5,7-8H,1-3,6H2;1-4H,(H2,8,12). The molecular weight excluding hydrogens is 411 g/mol. The van der Waals surface area contributed by atoms with Crippen LogP contribution in [0.2, 0.25) is 0 Å². The average molecular weight is 429 g/mol. The Hall–Kier alpha value is -3.76. The lowest BCUT2D eigenvalue weighted by molar-refractivity contribution is -0.141. The minimum absolute atomic E-state index is 0.0428. The van der Waals surface area contributed by atoms with Crippen LogP contribution in [0.3, 0.4) is 0 Å². The molecule has 0 bridgehead atoms. The fraction of sp³-hybridized carbons (Fsp3) is 0.250. The largest absolute Gasteiger partial charge is 0.433 e. The second-order valence-electron chi connectivity index (χ2n) is 6.93. The molecule has 0 saturated carbocycles. The van der Waals surface area contributed by atoms with Gasteiger partial charge in [0, 0.05) is 30.2 Å². The van der Waals surface area contributed by atoms with Gasteiger partial charge in [0.1, 0.15) is 5.69 Å². The third-order valence-electron chi connectivity index (χ3n) is 4.72. The summed E-state index contributed by atoms with van der Waals surface area (Å²) in [6.45, 7) is 0.840. The highest BCUT2D eigenvalue weighted by atomic mass is 19.4. The van der Waals surface area contributed by atoms with Crippen molar-refractivity contribution in [3.8, 4) is 11.3 Å². The van der Waals surface area contributed by atoms with Gasteiger partial charge in [-0.15, -0.1) is 5.10 Å². The molecule has 8 nitrogen and oxygen atoms in total. The summed E-state index contributed by atoms with van der Waals surface area (Å²) < 4.78 is 41.2.